The lowest BCUT2D eigenvalue weighted by Crippen LogP contribution is -2.46. The van der Waals surface area contributed by atoms with Crippen molar-refractivity contribution in [2.24, 2.45) is 0 Å². The number of anilines is 2. The van der Waals surface area contributed by atoms with E-state index in [4.69, 9.17) is 0 Å². The Hall–Kier alpha value is -2.59. The Bertz CT molecular complexity index is 941. The molecular formula is C25H29N3O. The zero-order valence-electron chi connectivity index (χ0n) is 17.0. The Kier molecular flexibility index (Phi) is 5.11. The van der Waals surface area contributed by atoms with Gasteiger partial charge in [0.25, 0.3) is 0 Å². The van der Waals surface area contributed by atoms with Crippen molar-refractivity contribution in [3.8, 4) is 0 Å². The molecule has 2 heterocycles. The number of hydrogen-bond donors (Lipinski definition) is 1. The first-order chi connectivity index (χ1) is 14.3. The van der Waals surface area contributed by atoms with E-state index in [9.17, 15) is 4.79 Å². The van der Waals surface area contributed by atoms with E-state index in [2.05, 4.69) is 63.7 Å². The second-order valence-corrected chi connectivity index (χ2v) is 8.44. The summed E-state index contributed by atoms with van der Waals surface area (Å²) in [5.74, 6) is 0.140. The zero-order valence-corrected chi connectivity index (χ0v) is 17.0. The second kappa shape index (κ2) is 8.03. The number of benzene rings is 2. The van der Waals surface area contributed by atoms with Crippen molar-refractivity contribution in [1.29, 1.82) is 0 Å². The standard InChI is InChI=1S/C25H29N3O/c29-24-12-11-21-8-4-10-23(25(21)26-24)28-15-13-27(14-16-28)18-19-5-3-9-22(17-19)20-6-1-2-7-20/h3-6,8-10,17H,1-2,7,11-16,18H2,(H,26,29). The van der Waals surface area contributed by atoms with Gasteiger partial charge >= 0.3 is 0 Å². The summed E-state index contributed by atoms with van der Waals surface area (Å²) in [6, 6.07) is 15.5. The Morgan fingerprint density at radius 3 is 2.62 bits per heavy atom. The van der Waals surface area contributed by atoms with Crippen LogP contribution >= 0.6 is 0 Å². The van der Waals surface area contributed by atoms with E-state index in [1.165, 1.54) is 47.2 Å². The van der Waals surface area contributed by atoms with Gasteiger partial charge in [-0.25, -0.2) is 0 Å². The SMILES string of the molecule is O=C1CCc2cccc(N3CCN(Cc4cccc(C5=CCCC5)c4)CC3)c2N1. The topological polar surface area (TPSA) is 35.6 Å². The minimum atomic E-state index is 0.140. The molecule has 0 aromatic heterocycles. The Balaban J connectivity index is 1.24. The monoisotopic (exact) mass is 387 g/mol. The van der Waals surface area contributed by atoms with E-state index in [-0.39, 0.29) is 5.91 Å². The molecule has 0 bridgehead atoms. The van der Waals surface area contributed by atoms with Crippen molar-refractivity contribution in [3.05, 3.63) is 65.2 Å². The summed E-state index contributed by atoms with van der Waals surface area (Å²) in [7, 11) is 0. The van der Waals surface area contributed by atoms with Crippen LogP contribution < -0.4 is 10.2 Å². The van der Waals surface area contributed by atoms with Gasteiger partial charge in [0.15, 0.2) is 0 Å². The molecule has 1 amide bonds. The predicted octanol–water partition coefficient (Wildman–Crippen LogP) is 4.46. The summed E-state index contributed by atoms with van der Waals surface area (Å²) in [4.78, 5) is 16.9. The van der Waals surface area contributed by atoms with Gasteiger partial charge in [-0.05, 0) is 54.0 Å². The predicted molar refractivity (Wildman–Crippen MR) is 119 cm³/mol. The minimum absolute atomic E-state index is 0.140. The van der Waals surface area contributed by atoms with Crippen LogP contribution in [-0.4, -0.2) is 37.0 Å². The minimum Gasteiger partial charge on any atom is -0.367 e. The molecule has 2 aromatic carbocycles. The molecule has 0 radical (unpaired) electrons. The zero-order chi connectivity index (χ0) is 19.6. The van der Waals surface area contributed by atoms with Crippen LogP contribution in [0.5, 0.6) is 0 Å². The molecule has 4 nitrogen and oxygen atoms in total. The number of nitrogens with zero attached hydrogens (tertiary/aromatic N) is 2. The smallest absolute Gasteiger partial charge is 0.224 e. The van der Waals surface area contributed by atoms with Crippen LogP contribution in [0.2, 0.25) is 0 Å². The number of nitrogens with one attached hydrogen (secondary N) is 1. The third-order valence-corrected chi connectivity index (χ3v) is 6.47. The Morgan fingerprint density at radius 2 is 1.79 bits per heavy atom. The second-order valence-electron chi connectivity index (χ2n) is 8.44. The number of amides is 1. The van der Waals surface area contributed by atoms with Crippen molar-refractivity contribution in [1.82, 2.24) is 4.90 Å². The fourth-order valence-corrected chi connectivity index (χ4v) is 4.86. The maximum Gasteiger partial charge on any atom is 0.224 e. The molecule has 5 rings (SSSR count). The highest BCUT2D eigenvalue weighted by Gasteiger charge is 2.23. The molecule has 0 atom stereocenters. The molecule has 3 aliphatic rings. The highest BCUT2D eigenvalue weighted by atomic mass is 16.1. The van der Waals surface area contributed by atoms with Crippen molar-refractivity contribution < 1.29 is 4.79 Å². The van der Waals surface area contributed by atoms with Gasteiger partial charge in [0.1, 0.15) is 0 Å². The highest BCUT2D eigenvalue weighted by molar-refractivity contribution is 5.98. The average molecular weight is 388 g/mol. The fraction of sp³-hybridized carbons (Fsp3) is 0.400. The Morgan fingerprint density at radius 1 is 0.931 bits per heavy atom. The number of hydrogen-bond acceptors (Lipinski definition) is 3. The van der Waals surface area contributed by atoms with E-state index >= 15 is 0 Å². The summed E-state index contributed by atoms with van der Waals surface area (Å²) < 4.78 is 0. The van der Waals surface area contributed by atoms with Gasteiger partial charge < -0.3 is 10.2 Å². The molecule has 0 spiro atoms. The van der Waals surface area contributed by atoms with Crippen molar-refractivity contribution in [3.63, 3.8) is 0 Å². The number of aryl methyl sites for hydroxylation is 1. The summed E-state index contributed by atoms with van der Waals surface area (Å²) in [5.41, 5.74) is 7.83. The maximum atomic E-state index is 11.9. The number of para-hydroxylation sites is 1. The van der Waals surface area contributed by atoms with Crippen LogP contribution in [0.15, 0.2) is 48.5 Å². The quantitative estimate of drug-likeness (QED) is 0.841. The normalized spacial score (nSPS) is 19.7. The van der Waals surface area contributed by atoms with Crippen LogP contribution in [-0.2, 0) is 17.8 Å². The van der Waals surface area contributed by atoms with Crippen LogP contribution in [0.1, 0.15) is 42.4 Å². The summed E-state index contributed by atoms with van der Waals surface area (Å²) in [6.45, 7) is 5.10. The van der Waals surface area contributed by atoms with Gasteiger partial charge in [-0.15, -0.1) is 0 Å². The third-order valence-electron chi connectivity index (χ3n) is 6.47. The summed E-state index contributed by atoms with van der Waals surface area (Å²) >= 11 is 0. The average Bonchev–Trinajstić information content (AvgIpc) is 3.29. The van der Waals surface area contributed by atoms with Crippen LogP contribution in [0.3, 0.4) is 0 Å². The van der Waals surface area contributed by atoms with Crippen LogP contribution in [0.25, 0.3) is 5.57 Å². The van der Waals surface area contributed by atoms with Crippen LogP contribution in [0, 0.1) is 0 Å². The molecule has 0 saturated carbocycles. The number of carbonyl (C=O) groups is 1. The lowest BCUT2D eigenvalue weighted by molar-refractivity contribution is -0.116. The van der Waals surface area contributed by atoms with Crippen molar-refractivity contribution >= 4 is 22.9 Å². The Labute approximate surface area is 173 Å². The van der Waals surface area contributed by atoms with Crippen LogP contribution in [0.4, 0.5) is 11.4 Å². The van der Waals surface area contributed by atoms with E-state index in [0.29, 0.717) is 6.42 Å². The highest BCUT2D eigenvalue weighted by Crippen LogP contribution is 2.34. The first-order valence-electron chi connectivity index (χ1n) is 10.9. The van der Waals surface area contributed by atoms with E-state index in [1.807, 2.05) is 0 Å². The molecule has 1 aliphatic carbocycles. The lowest BCUT2D eigenvalue weighted by Gasteiger charge is -2.37. The maximum absolute atomic E-state index is 11.9. The van der Waals surface area contributed by atoms with Gasteiger partial charge in [-0.1, -0.05) is 42.5 Å². The number of carbonyl (C=O) groups excluding carboxylic acids is 1. The molecule has 29 heavy (non-hydrogen) atoms. The summed E-state index contributed by atoms with van der Waals surface area (Å²) in [5, 5.41) is 3.11. The number of allylic oxidation sites excluding steroid dienone is 2. The molecule has 1 saturated heterocycles. The van der Waals surface area contributed by atoms with Gasteiger partial charge in [0, 0.05) is 39.1 Å². The van der Waals surface area contributed by atoms with E-state index in [0.717, 1.165) is 44.8 Å². The molecule has 2 aromatic rings. The third kappa shape index (κ3) is 3.95. The number of rotatable bonds is 4. The molecular weight excluding hydrogens is 358 g/mol. The van der Waals surface area contributed by atoms with E-state index < -0.39 is 0 Å². The largest absolute Gasteiger partial charge is 0.367 e. The molecule has 4 heteroatoms. The van der Waals surface area contributed by atoms with Gasteiger partial charge in [0.05, 0.1) is 11.4 Å². The first-order valence-corrected chi connectivity index (χ1v) is 10.9. The number of piperazine rings is 1. The molecule has 2 aliphatic heterocycles. The first kappa shape index (κ1) is 18.4. The molecule has 1 N–H and O–H groups in total. The van der Waals surface area contributed by atoms with Crippen molar-refractivity contribution in [2.75, 3.05) is 36.4 Å². The van der Waals surface area contributed by atoms with Crippen molar-refractivity contribution in [2.45, 2.75) is 38.6 Å². The number of fused-ring (bicyclic) bond motifs is 1. The fourth-order valence-electron chi connectivity index (χ4n) is 4.86. The van der Waals surface area contributed by atoms with Gasteiger partial charge in [-0.2, -0.15) is 0 Å². The molecule has 1 fully saturated rings. The van der Waals surface area contributed by atoms with E-state index in [1.54, 1.807) is 0 Å². The molecule has 150 valence electrons. The van der Waals surface area contributed by atoms with Gasteiger partial charge in [-0.3, -0.25) is 9.69 Å². The molecule has 0 unspecified atom stereocenters. The summed E-state index contributed by atoms with van der Waals surface area (Å²) in [6.07, 6.45) is 7.59. The van der Waals surface area contributed by atoms with Gasteiger partial charge in [0.2, 0.25) is 5.91 Å². The lowest BCUT2D eigenvalue weighted by atomic mass is 10.0.